The molecule has 0 spiro atoms. The molecule has 3 aromatic rings. The Morgan fingerprint density at radius 3 is 2.96 bits per heavy atom. The molecule has 0 aliphatic carbocycles. The van der Waals surface area contributed by atoms with Crippen LogP contribution < -0.4 is 10.6 Å². The third-order valence-electron chi connectivity index (χ3n) is 3.61. The molecule has 1 atom stereocenters. The van der Waals surface area contributed by atoms with E-state index in [0.717, 1.165) is 17.9 Å². The fourth-order valence-electron chi connectivity index (χ4n) is 2.44. The van der Waals surface area contributed by atoms with Crippen LogP contribution in [0.4, 0.5) is 11.6 Å². The Morgan fingerprint density at radius 1 is 1.39 bits per heavy atom. The lowest BCUT2D eigenvalue weighted by Gasteiger charge is -2.18. The Morgan fingerprint density at radius 2 is 2.26 bits per heavy atom. The van der Waals surface area contributed by atoms with E-state index in [4.69, 9.17) is 10.3 Å². The Kier molecular flexibility index (Phi) is 4.38. The van der Waals surface area contributed by atoms with Crippen molar-refractivity contribution in [3.63, 3.8) is 0 Å². The lowest BCUT2D eigenvalue weighted by molar-refractivity contribution is 0.353. The number of anilines is 2. The van der Waals surface area contributed by atoms with Gasteiger partial charge >= 0.3 is 0 Å². The topological polar surface area (TPSA) is 96.9 Å². The van der Waals surface area contributed by atoms with Gasteiger partial charge in [-0.25, -0.2) is 4.98 Å². The van der Waals surface area contributed by atoms with Crippen LogP contribution >= 0.6 is 0 Å². The van der Waals surface area contributed by atoms with E-state index in [9.17, 15) is 0 Å². The number of aromatic nitrogens is 4. The number of nitrogens with two attached hydrogens (primary N) is 1. The molecule has 120 valence electrons. The number of benzene rings is 1. The standard InChI is InChI=1S/C16H20N6O/c1-3-22(13-6-4-5-11(2)7-13)16-20-15(23-21-16)14(17)8-12-9-18-10-19-12/h4-7,9-10,14H,3,8,17H2,1-2H3,(H,18,19). The van der Waals surface area contributed by atoms with Crippen molar-refractivity contribution >= 4 is 11.6 Å². The van der Waals surface area contributed by atoms with Crippen LogP contribution in [0.5, 0.6) is 0 Å². The van der Waals surface area contributed by atoms with Crippen molar-refractivity contribution in [3.8, 4) is 0 Å². The average molecular weight is 312 g/mol. The fourth-order valence-corrected chi connectivity index (χ4v) is 2.44. The van der Waals surface area contributed by atoms with Crippen molar-refractivity contribution in [1.82, 2.24) is 20.1 Å². The number of hydrogen-bond acceptors (Lipinski definition) is 6. The maximum Gasteiger partial charge on any atom is 0.270 e. The molecule has 7 heteroatoms. The van der Waals surface area contributed by atoms with Gasteiger partial charge in [0, 0.05) is 30.5 Å². The quantitative estimate of drug-likeness (QED) is 0.726. The van der Waals surface area contributed by atoms with Crippen LogP contribution in [-0.2, 0) is 6.42 Å². The number of aromatic amines is 1. The van der Waals surface area contributed by atoms with Crippen LogP contribution in [0.25, 0.3) is 0 Å². The Labute approximate surface area is 134 Å². The summed E-state index contributed by atoms with van der Waals surface area (Å²) in [6.45, 7) is 4.83. The molecule has 0 aliphatic heterocycles. The van der Waals surface area contributed by atoms with Crippen LogP contribution in [0.15, 0.2) is 41.3 Å². The molecular formula is C16H20N6O. The van der Waals surface area contributed by atoms with E-state index >= 15 is 0 Å². The van der Waals surface area contributed by atoms with Crippen molar-refractivity contribution in [2.24, 2.45) is 5.73 Å². The van der Waals surface area contributed by atoms with E-state index in [1.807, 2.05) is 24.0 Å². The first-order valence-electron chi connectivity index (χ1n) is 7.58. The van der Waals surface area contributed by atoms with Gasteiger partial charge in [0.25, 0.3) is 5.95 Å². The number of nitrogens with one attached hydrogen (secondary N) is 1. The Bertz CT molecular complexity index is 752. The highest BCUT2D eigenvalue weighted by atomic mass is 16.5. The molecule has 3 rings (SSSR count). The molecule has 2 heterocycles. The van der Waals surface area contributed by atoms with Gasteiger partial charge in [0.1, 0.15) is 0 Å². The molecule has 1 unspecified atom stereocenters. The predicted octanol–water partition coefficient (Wildman–Crippen LogP) is 2.50. The maximum atomic E-state index is 6.14. The third-order valence-corrected chi connectivity index (χ3v) is 3.61. The molecule has 0 fully saturated rings. The van der Waals surface area contributed by atoms with E-state index in [1.54, 1.807) is 12.5 Å². The summed E-state index contributed by atoms with van der Waals surface area (Å²) in [5.74, 6) is 0.939. The van der Waals surface area contributed by atoms with E-state index in [1.165, 1.54) is 5.56 Å². The minimum absolute atomic E-state index is 0.368. The van der Waals surface area contributed by atoms with E-state index in [-0.39, 0.29) is 6.04 Å². The summed E-state index contributed by atoms with van der Waals surface area (Å²) in [6.07, 6.45) is 3.93. The van der Waals surface area contributed by atoms with Gasteiger partial charge in [-0.1, -0.05) is 12.1 Å². The number of rotatable bonds is 6. The molecule has 2 aromatic heterocycles. The van der Waals surface area contributed by atoms with Gasteiger partial charge in [0.2, 0.25) is 5.89 Å². The van der Waals surface area contributed by atoms with E-state index in [2.05, 4.69) is 39.2 Å². The molecule has 0 amide bonds. The molecule has 7 nitrogen and oxygen atoms in total. The van der Waals surface area contributed by atoms with Crippen LogP contribution in [0, 0.1) is 6.92 Å². The smallest absolute Gasteiger partial charge is 0.270 e. The first-order chi connectivity index (χ1) is 11.2. The highest BCUT2D eigenvalue weighted by Gasteiger charge is 2.19. The van der Waals surface area contributed by atoms with Crippen LogP contribution in [0.3, 0.4) is 0 Å². The predicted molar refractivity (Wildman–Crippen MR) is 87.4 cm³/mol. The highest BCUT2D eigenvalue weighted by molar-refractivity contribution is 5.57. The second-order valence-corrected chi connectivity index (χ2v) is 5.40. The Hall–Kier alpha value is -2.67. The van der Waals surface area contributed by atoms with E-state index < -0.39 is 0 Å². The molecule has 23 heavy (non-hydrogen) atoms. The summed E-state index contributed by atoms with van der Waals surface area (Å²) >= 11 is 0. The van der Waals surface area contributed by atoms with Crippen LogP contribution in [-0.4, -0.2) is 26.7 Å². The first-order valence-corrected chi connectivity index (χ1v) is 7.58. The molecule has 1 aromatic carbocycles. The van der Waals surface area contributed by atoms with Gasteiger partial charge in [-0.15, -0.1) is 0 Å². The maximum absolute atomic E-state index is 6.14. The minimum Gasteiger partial charge on any atom is -0.348 e. The van der Waals surface area contributed by atoms with Gasteiger partial charge in [-0.3, -0.25) is 0 Å². The van der Waals surface area contributed by atoms with Gasteiger partial charge < -0.3 is 20.1 Å². The first kappa shape index (κ1) is 15.2. The van der Waals surface area contributed by atoms with Gasteiger partial charge in [0.15, 0.2) is 0 Å². The number of imidazole rings is 1. The number of hydrogen-bond donors (Lipinski definition) is 2. The lowest BCUT2D eigenvalue weighted by Crippen LogP contribution is -2.18. The molecular weight excluding hydrogens is 292 g/mol. The second kappa shape index (κ2) is 6.62. The third kappa shape index (κ3) is 3.40. The minimum atomic E-state index is -0.368. The SMILES string of the molecule is CCN(c1cccc(C)c1)c1noc(C(N)Cc2cnc[nH]2)n1. The van der Waals surface area contributed by atoms with Crippen molar-refractivity contribution in [2.75, 3.05) is 11.4 Å². The van der Waals surface area contributed by atoms with Gasteiger partial charge in [-0.2, -0.15) is 4.98 Å². The van der Waals surface area contributed by atoms with Gasteiger partial charge in [-0.05, 0) is 36.7 Å². The summed E-state index contributed by atoms with van der Waals surface area (Å²) < 4.78 is 5.35. The molecule has 0 bridgehead atoms. The normalized spacial score (nSPS) is 12.3. The summed E-state index contributed by atoms with van der Waals surface area (Å²) in [6, 6.07) is 7.81. The number of H-pyrrole nitrogens is 1. The second-order valence-electron chi connectivity index (χ2n) is 5.40. The average Bonchev–Trinajstić information content (AvgIpc) is 3.20. The monoisotopic (exact) mass is 312 g/mol. The van der Waals surface area contributed by atoms with Crippen molar-refractivity contribution in [2.45, 2.75) is 26.3 Å². The highest BCUT2D eigenvalue weighted by Crippen LogP contribution is 2.24. The van der Waals surface area contributed by atoms with Crippen molar-refractivity contribution in [1.29, 1.82) is 0 Å². The summed E-state index contributed by atoms with van der Waals surface area (Å²) in [4.78, 5) is 13.4. The zero-order valence-electron chi connectivity index (χ0n) is 13.2. The zero-order chi connectivity index (χ0) is 16.2. The summed E-state index contributed by atoms with van der Waals surface area (Å²) in [7, 11) is 0. The van der Waals surface area contributed by atoms with Crippen LogP contribution in [0.2, 0.25) is 0 Å². The molecule has 0 radical (unpaired) electrons. The van der Waals surface area contributed by atoms with Crippen LogP contribution in [0.1, 0.15) is 30.1 Å². The van der Waals surface area contributed by atoms with Crippen molar-refractivity contribution in [3.05, 3.63) is 53.9 Å². The van der Waals surface area contributed by atoms with Gasteiger partial charge in [0.05, 0.1) is 12.4 Å². The largest absolute Gasteiger partial charge is 0.348 e. The number of aryl methyl sites for hydroxylation is 1. The zero-order valence-corrected chi connectivity index (χ0v) is 13.2. The summed E-state index contributed by atoms with van der Waals surface area (Å²) in [5.41, 5.74) is 9.29. The number of nitrogens with zero attached hydrogens (tertiary/aromatic N) is 4. The molecule has 0 saturated carbocycles. The lowest BCUT2D eigenvalue weighted by atomic mass is 10.2. The molecule has 0 aliphatic rings. The fraction of sp³-hybridized carbons (Fsp3) is 0.312. The Balaban J connectivity index is 1.79. The molecule has 0 saturated heterocycles. The van der Waals surface area contributed by atoms with E-state index in [0.29, 0.717) is 18.3 Å². The van der Waals surface area contributed by atoms with Crippen molar-refractivity contribution < 1.29 is 4.52 Å². The molecule has 3 N–H and O–H groups in total. The summed E-state index contributed by atoms with van der Waals surface area (Å²) in [5, 5.41) is 4.08.